The van der Waals surface area contributed by atoms with Crippen molar-refractivity contribution in [1.82, 2.24) is 0 Å². The molecule has 0 amide bonds. The summed E-state index contributed by atoms with van der Waals surface area (Å²) in [7, 11) is 0. The molecule has 0 aromatic heterocycles. The first-order valence-corrected chi connectivity index (χ1v) is 6.31. The quantitative estimate of drug-likeness (QED) is 0.503. The van der Waals surface area contributed by atoms with Crippen LogP contribution in [-0.2, 0) is 0 Å². The molecule has 3 atom stereocenters. The Hall–Kier alpha value is 0. The maximum absolute atomic E-state index is 2.46. The average molecular weight is 182 g/mol. The number of hydrogen-bond acceptors (Lipinski definition) is 0. The zero-order valence-corrected chi connectivity index (χ0v) is 9.68. The summed E-state index contributed by atoms with van der Waals surface area (Å²) in [5.41, 5.74) is 0. The summed E-state index contributed by atoms with van der Waals surface area (Å²) in [6.07, 6.45) is 10.2. The lowest BCUT2D eigenvalue weighted by Gasteiger charge is -1.98. The normalized spacial score (nSPS) is 32.1. The molecule has 1 fully saturated rings. The fourth-order valence-electron chi connectivity index (χ4n) is 2.66. The number of unbranched alkanes of at least 4 members (excludes halogenated alkanes) is 3. The highest BCUT2D eigenvalue weighted by atomic mass is 14.5. The first kappa shape index (κ1) is 11.1. The van der Waals surface area contributed by atoms with Gasteiger partial charge >= 0.3 is 0 Å². The minimum Gasteiger partial charge on any atom is -0.0654 e. The van der Waals surface area contributed by atoms with E-state index < -0.39 is 0 Å². The fourth-order valence-corrected chi connectivity index (χ4v) is 2.66. The molecule has 0 radical (unpaired) electrons. The standard InChI is InChI=1S/C13H26/c1-4-6-8-10-13-11(3)12(13)9-7-5-2/h11-13H,4-10H2,1-3H3. The van der Waals surface area contributed by atoms with E-state index in [1.807, 2.05) is 0 Å². The lowest BCUT2D eigenvalue weighted by atomic mass is 10.1. The first-order valence-electron chi connectivity index (χ1n) is 6.31. The molecule has 0 N–H and O–H groups in total. The van der Waals surface area contributed by atoms with Crippen molar-refractivity contribution in [3.05, 3.63) is 0 Å². The van der Waals surface area contributed by atoms with Crippen LogP contribution in [0.15, 0.2) is 0 Å². The molecule has 0 aliphatic heterocycles. The highest BCUT2D eigenvalue weighted by molar-refractivity contribution is 4.93. The fraction of sp³-hybridized carbons (Fsp3) is 1.00. The third-order valence-corrected chi connectivity index (χ3v) is 3.79. The summed E-state index contributed by atoms with van der Waals surface area (Å²) in [5, 5.41) is 0. The van der Waals surface area contributed by atoms with Crippen LogP contribution in [0.2, 0.25) is 0 Å². The van der Waals surface area contributed by atoms with Crippen LogP contribution < -0.4 is 0 Å². The second kappa shape index (κ2) is 5.67. The van der Waals surface area contributed by atoms with E-state index in [2.05, 4.69) is 20.8 Å². The molecule has 78 valence electrons. The average Bonchev–Trinajstić information content (AvgIpc) is 2.74. The third-order valence-electron chi connectivity index (χ3n) is 3.79. The summed E-state index contributed by atoms with van der Waals surface area (Å²) in [5.74, 6) is 3.28. The molecule has 0 heteroatoms. The van der Waals surface area contributed by atoms with Gasteiger partial charge in [0.25, 0.3) is 0 Å². The van der Waals surface area contributed by atoms with Crippen LogP contribution in [0, 0.1) is 17.8 Å². The summed E-state index contributed by atoms with van der Waals surface area (Å²) in [6.45, 7) is 7.06. The maximum Gasteiger partial charge on any atom is -0.0355 e. The second-order valence-electron chi connectivity index (χ2n) is 4.82. The van der Waals surface area contributed by atoms with Crippen molar-refractivity contribution < 1.29 is 0 Å². The molecule has 1 aliphatic rings. The molecule has 13 heavy (non-hydrogen) atoms. The van der Waals surface area contributed by atoms with Crippen LogP contribution in [0.4, 0.5) is 0 Å². The lowest BCUT2D eigenvalue weighted by Crippen LogP contribution is -1.84. The molecule has 1 aliphatic carbocycles. The van der Waals surface area contributed by atoms with E-state index in [1.54, 1.807) is 0 Å². The van der Waals surface area contributed by atoms with Crippen molar-refractivity contribution in [3.8, 4) is 0 Å². The van der Waals surface area contributed by atoms with Gasteiger partial charge < -0.3 is 0 Å². The Balaban J connectivity index is 2.02. The van der Waals surface area contributed by atoms with Crippen LogP contribution >= 0.6 is 0 Å². The predicted molar refractivity (Wildman–Crippen MR) is 59.8 cm³/mol. The van der Waals surface area contributed by atoms with Crippen LogP contribution in [0.1, 0.15) is 65.7 Å². The van der Waals surface area contributed by atoms with Crippen molar-refractivity contribution in [1.29, 1.82) is 0 Å². The van der Waals surface area contributed by atoms with Crippen molar-refractivity contribution in [2.24, 2.45) is 17.8 Å². The smallest absolute Gasteiger partial charge is 0.0355 e. The minimum absolute atomic E-state index is 1.06. The Morgan fingerprint density at radius 1 is 0.769 bits per heavy atom. The van der Waals surface area contributed by atoms with E-state index in [9.17, 15) is 0 Å². The van der Waals surface area contributed by atoms with E-state index in [0.717, 1.165) is 17.8 Å². The van der Waals surface area contributed by atoms with E-state index >= 15 is 0 Å². The van der Waals surface area contributed by atoms with E-state index in [-0.39, 0.29) is 0 Å². The lowest BCUT2D eigenvalue weighted by molar-refractivity contribution is 0.548. The van der Waals surface area contributed by atoms with Crippen molar-refractivity contribution >= 4 is 0 Å². The molecule has 0 nitrogen and oxygen atoms in total. The molecular weight excluding hydrogens is 156 g/mol. The predicted octanol–water partition coefficient (Wildman–Crippen LogP) is 4.64. The van der Waals surface area contributed by atoms with Crippen molar-refractivity contribution in [2.45, 2.75) is 65.7 Å². The molecule has 0 aromatic carbocycles. The topological polar surface area (TPSA) is 0 Å². The molecule has 3 unspecified atom stereocenters. The highest BCUT2D eigenvalue weighted by Gasteiger charge is 2.44. The number of hydrogen-bond donors (Lipinski definition) is 0. The Morgan fingerprint density at radius 3 is 1.85 bits per heavy atom. The van der Waals surface area contributed by atoms with Gasteiger partial charge in [-0.2, -0.15) is 0 Å². The molecule has 1 rings (SSSR count). The SMILES string of the molecule is CCCCCC1C(C)C1CCCC. The molecule has 0 heterocycles. The highest BCUT2D eigenvalue weighted by Crippen LogP contribution is 2.51. The van der Waals surface area contributed by atoms with Crippen LogP contribution in [-0.4, -0.2) is 0 Å². The van der Waals surface area contributed by atoms with E-state index in [1.165, 1.54) is 44.9 Å². The summed E-state index contributed by atoms with van der Waals surface area (Å²) < 4.78 is 0. The molecule has 0 aromatic rings. The molecule has 1 saturated carbocycles. The molecule has 0 saturated heterocycles. The van der Waals surface area contributed by atoms with Gasteiger partial charge in [-0.1, -0.05) is 52.9 Å². The Morgan fingerprint density at radius 2 is 1.31 bits per heavy atom. The van der Waals surface area contributed by atoms with Crippen molar-refractivity contribution in [2.75, 3.05) is 0 Å². The van der Waals surface area contributed by atoms with E-state index in [0.29, 0.717) is 0 Å². The van der Waals surface area contributed by atoms with Gasteiger partial charge in [0.2, 0.25) is 0 Å². The second-order valence-corrected chi connectivity index (χ2v) is 4.82. The Bertz CT molecular complexity index is 128. The Labute approximate surface area is 84.1 Å². The molecule has 0 bridgehead atoms. The van der Waals surface area contributed by atoms with Gasteiger partial charge in [-0.3, -0.25) is 0 Å². The Kier molecular flexibility index (Phi) is 4.83. The summed E-state index contributed by atoms with van der Waals surface area (Å²) in [4.78, 5) is 0. The van der Waals surface area contributed by atoms with Gasteiger partial charge in [-0.25, -0.2) is 0 Å². The van der Waals surface area contributed by atoms with Crippen LogP contribution in [0.25, 0.3) is 0 Å². The largest absolute Gasteiger partial charge is 0.0654 e. The monoisotopic (exact) mass is 182 g/mol. The van der Waals surface area contributed by atoms with Crippen LogP contribution in [0.5, 0.6) is 0 Å². The van der Waals surface area contributed by atoms with Gasteiger partial charge in [-0.05, 0) is 30.6 Å². The van der Waals surface area contributed by atoms with Gasteiger partial charge in [0.15, 0.2) is 0 Å². The van der Waals surface area contributed by atoms with Gasteiger partial charge in [-0.15, -0.1) is 0 Å². The van der Waals surface area contributed by atoms with Gasteiger partial charge in [0, 0.05) is 0 Å². The van der Waals surface area contributed by atoms with E-state index in [4.69, 9.17) is 0 Å². The van der Waals surface area contributed by atoms with Gasteiger partial charge in [0.1, 0.15) is 0 Å². The molecule has 0 spiro atoms. The van der Waals surface area contributed by atoms with Gasteiger partial charge in [0.05, 0.1) is 0 Å². The minimum atomic E-state index is 1.06. The molecular formula is C13H26. The zero-order chi connectivity index (χ0) is 9.68. The maximum atomic E-state index is 2.46. The number of rotatable bonds is 7. The zero-order valence-electron chi connectivity index (χ0n) is 9.68. The first-order chi connectivity index (χ1) is 6.31. The summed E-state index contributed by atoms with van der Waals surface area (Å²) >= 11 is 0. The van der Waals surface area contributed by atoms with Crippen molar-refractivity contribution in [3.63, 3.8) is 0 Å². The third kappa shape index (κ3) is 3.32. The summed E-state index contributed by atoms with van der Waals surface area (Å²) in [6, 6.07) is 0. The van der Waals surface area contributed by atoms with Crippen LogP contribution in [0.3, 0.4) is 0 Å².